The number of fused-ring (bicyclic) bond motifs is 1. The van der Waals surface area contributed by atoms with Crippen LogP contribution in [0, 0.1) is 5.92 Å². The summed E-state index contributed by atoms with van der Waals surface area (Å²) in [6.07, 6.45) is 3.17. The van der Waals surface area contributed by atoms with Crippen LogP contribution in [-0.4, -0.2) is 17.7 Å². The number of hydrazine groups is 1. The van der Waals surface area contributed by atoms with Gasteiger partial charge in [0.25, 0.3) is 11.8 Å². The van der Waals surface area contributed by atoms with Crippen molar-refractivity contribution in [1.29, 1.82) is 0 Å². The number of carbonyl (C=O) groups is 3. The average molecular weight is 371 g/mol. The van der Waals surface area contributed by atoms with Crippen molar-refractivity contribution in [1.82, 2.24) is 10.9 Å². The molecule has 1 aliphatic carbocycles. The summed E-state index contributed by atoms with van der Waals surface area (Å²) in [5.41, 5.74) is 7.14. The lowest BCUT2D eigenvalue weighted by atomic mass is 9.90. The van der Waals surface area contributed by atoms with E-state index in [1.807, 2.05) is 6.07 Å². The van der Waals surface area contributed by atoms with E-state index in [0.717, 1.165) is 19.3 Å². The van der Waals surface area contributed by atoms with Crippen LogP contribution in [0.25, 0.3) is 0 Å². The van der Waals surface area contributed by atoms with Gasteiger partial charge in [0.15, 0.2) is 0 Å². The molecule has 0 saturated heterocycles. The Hall–Kier alpha value is -2.67. The van der Waals surface area contributed by atoms with Crippen LogP contribution in [0.2, 0.25) is 0 Å². The van der Waals surface area contributed by atoms with E-state index < -0.39 is 5.91 Å². The summed E-state index contributed by atoms with van der Waals surface area (Å²) in [5.74, 6) is -0.251. The van der Waals surface area contributed by atoms with Crippen LogP contribution in [0.1, 0.15) is 50.7 Å². The smallest absolute Gasteiger partial charge is 0.279 e. The van der Waals surface area contributed by atoms with Gasteiger partial charge in [0, 0.05) is 23.1 Å². The summed E-state index contributed by atoms with van der Waals surface area (Å²) in [4.78, 5) is 37.3. The number of nitrogens with one attached hydrogen (secondary N) is 3. The lowest BCUT2D eigenvalue weighted by Crippen LogP contribution is -2.41. The molecule has 0 radical (unpaired) electrons. The maximum Gasteiger partial charge on any atom is 0.279 e. The Morgan fingerprint density at radius 2 is 1.77 bits per heavy atom. The molecule has 26 heavy (non-hydrogen) atoms. The fourth-order valence-corrected chi connectivity index (χ4v) is 4.08. The highest BCUT2D eigenvalue weighted by molar-refractivity contribution is 7.14. The van der Waals surface area contributed by atoms with E-state index in [-0.39, 0.29) is 11.8 Å². The predicted octanol–water partition coefficient (Wildman–Crippen LogP) is 2.91. The van der Waals surface area contributed by atoms with Crippen molar-refractivity contribution in [2.45, 2.75) is 33.1 Å². The summed E-state index contributed by atoms with van der Waals surface area (Å²) < 4.78 is 0. The first-order chi connectivity index (χ1) is 12.4. The summed E-state index contributed by atoms with van der Waals surface area (Å²) in [6.45, 7) is 3.64. The number of amides is 3. The van der Waals surface area contributed by atoms with Gasteiger partial charge in [0.2, 0.25) is 5.91 Å². The van der Waals surface area contributed by atoms with Gasteiger partial charge in [-0.15, -0.1) is 11.3 Å². The van der Waals surface area contributed by atoms with E-state index in [9.17, 15) is 14.4 Å². The molecular weight excluding hydrogens is 350 g/mol. The van der Waals surface area contributed by atoms with Gasteiger partial charge in [-0.25, -0.2) is 0 Å². The third-order valence-electron chi connectivity index (χ3n) is 4.31. The minimum Gasteiger partial charge on any atom is -0.326 e. The molecule has 1 atom stereocenters. The highest BCUT2D eigenvalue weighted by Gasteiger charge is 2.21. The quantitative estimate of drug-likeness (QED) is 0.725. The second-order valence-electron chi connectivity index (χ2n) is 6.57. The molecule has 0 bridgehead atoms. The number of hydrogen-bond acceptors (Lipinski definition) is 4. The molecule has 3 amide bonds. The molecule has 3 N–H and O–H groups in total. The Bertz CT molecular complexity index is 842. The van der Waals surface area contributed by atoms with E-state index in [2.05, 4.69) is 23.1 Å². The minimum atomic E-state index is -0.414. The first-order valence-corrected chi connectivity index (χ1v) is 9.34. The molecule has 0 spiro atoms. The number of anilines is 1. The SMILES string of the molecule is CC(=O)Nc1ccc(C(=O)NNC(=O)c2cc3c(s2)CCC(C)C3)cc1. The predicted molar refractivity (Wildman–Crippen MR) is 101 cm³/mol. The molecular formula is C19H21N3O3S. The zero-order valence-corrected chi connectivity index (χ0v) is 15.5. The second kappa shape index (κ2) is 7.70. The highest BCUT2D eigenvalue weighted by Crippen LogP contribution is 2.32. The van der Waals surface area contributed by atoms with Crippen molar-refractivity contribution < 1.29 is 14.4 Å². The van der Waals surface area contributed by atoms with E-state index in [0.29, 0.717) is 22.0 Å². The third-order valence-corrected chi connectivity index (χ3v) is 5.55. The molecule has 136 valence electrons. The van der Waals surface area contributed by atoms with Crippen LogP contribution in [0.3, 0.4) is 0 Å². The fraction of sp³-hybridized carbons (Fsp3) is 0.316. The van der Waals surface area contributed by atoms with Crippen LogP contribution in [0.4, 0.5) is 5.69 Å². The van der Waals surface area contributed by atoms with Crippen molar-refractivity contribution >= 4 is 34.7 Å². The van der Waals surface area contributed by atoms with Gasteiger partial charge >= 0.3 is 0 Å². The van der Waals surface area contributed by atoms with Gasteiger partial charge in [-0.05, 0) is 61.1 Å². The number of carbonyl (C=O) groups excluding carboxylic acids is 3. The molecule has 1 aromatic carbocycles. The zero-order valence-electron chi connectivity index (χ0n) is 14.7. The molecule has 1 unspecified atom stereocenters. The maximum atomic E-state index is 12.3. The highest BCUT2D eigenvalue weighted by atomic mass is 32.1. The number of rotatable bonds is 3. The van der Waals surface area contributed by atoms with Gasteiger partial charge in [-0.3, -0.25) is 25.2 Å². The number of thiophene rings is 1. The summed E-state index contributed by atoms with van der Waals surface area (Å²) >= 11 is 1.50. The first kappa shape index (κ1) is 18.1. The molecule has 1 aliphatic rings. The topological polar surface area (TPSA) is 87.3 Å². The van der Waals surface area contributed by atoms with Crippen molar-refractivity contribution in [2.75, 3.05) is 5.32 Å². The van der Waals surface area contributed by atoms with Crippen LogP contribution in [0.5, 0.6) is 0 Å². The monoisotopic (exact) mass is 371 g/mol. The number of hydrogen-bond donors (Lipinski definition) is 3. The molecule has 7 heteroatoms. The Labute approximate surface area is 156 Å². The lowest BCUT2D eigenvalue weighted by Gasteiger charge is -2.16. The number of aryl methyl sites for hydroxylation is 1. The van der Waals surface area contributed by atoms with E-state index >= 15 is 0 Å². The van der Waals surface area contributed by atoms with Gasteiger partial charge in [-0.1, -0.05) is 6.92 Å². The van der Waals surface area contributed by atoms with E-state index in [1.165, 1.54) is 28.7 Å². The molecule has 6 nitrogen and oxygen atoms in total. The van der Waals surface area contributed by atoms with Crippen molar-refractivity contribution in [3.63, 3.8) is 0 Å². The zero-order chi connectivity index (χ0) is 18.7. The standard InChI is InChI=1S/C19H21N3O3S/c1-11-3-8-16-14(9-11)10-17(26-16)19(25)22-21-18(24)13-4-6-15(7-5-13)20-12(2)23/h4-7,10-11H,3,8-9H2,1-2H3,(H,20,23)(H,21,24)(H,22,25). The average Bonchev–Trinajstić information content (AvgIpc) is 3.02. The largest absolute Gasteiger partial charge is 0.326 e. The van der Waals surface area contributed by atoms with Gasteiger partial charge in [0.1, 0.15) is 0 Å². The Morgan fingerprint density at radius 1 is 1.08 bits per heavy atom. The molecule has 2 aromatic rings. The summed E-state index contributed by atoms with van der Waals surface area (Å²) in [6, 6.07) is 8.36. The third kappa shape index (κ3) is 4.29. The normalized spacial score (nSPS) is 15.7. The van der Waals surface area contributed by atoms with Crippen LogP contribution in [0.15, 0.2) is 30.3 Å². The minimum absolute atomic E-state index is 0.178. The van der Waals surface area contributed by atoms with Gasteiger partial charge in [-0.2, -0.15) is 0 Å². The first-order valence-electron chi connectivity index (χ1n) is 8.52. The van der Waals surface area contributed by atoms with E-state index in [4.69, 9.17) is 0 Å². The lowest BCUT2D eigenvalue weighted by molar-refractivity contribution is -0.114. The molecule has 0 fully saturated rings. The Kier molecular flexibility index (Phi) is 5.37. The van der Waals surface area contributed by atoms with Crippen LogP contribution < -0.4 is 16.2 Å². The summed E-state index contributed by atoms with van der Waals surface area (Å²) in [7, 11) is 0. The second-order valence-corrected chi connectivity index (χ2v) is 7.71. The van der Waals surface area contributed by atoms with Crippen molar-refractivity contribution in [3.8, 4) is 0 Å². The van der Waals surface area contributed by atoms with Crippen LogP contribution >= 0.6 is 11.3 Å². The molecule has 1 heterocycles. The van der Waals surface area contributed by atoms with Crippen molar-refractivity contribution in [2.24, 2.45) is 5.92 Å². The maximum absolute atomic E-state index is 12.3. The number of benzene rings is 1. The Balaban J connectivity index is 1.57. The van der Waals surface area contributed by atoms with Crippen molar-refractivity contribution in [3.05, 3.63) is 51.2 Å². The van der Waals surface area contributed by atoms with Gasteiger partial charge in [0.05, 0.1) is 4.88 Å². The van der Waals surface area contributed by atoms with Crippen LogP contribution in [-0.2, 0) is 17.6 Å². The molecule has 0 saturated carbocycles. The summed E-state index contributed by atoms with van der Waals surface area (Å²) in [5, 5.41) is 2.63. The van der Waals surface area contributed by atoms with Gasteiger partial charge < -0.3 is 5.32 Å². The Morgan fingerprint density at radius 3 is 2.46 bits per heavy atom. The fourth-order valence-electron chi connectivity index (χ4n) is 2.97. The molecule has 3 rings (SSSR count). The molecule has 1 aromatic heterocycles. The van der Waals surface area contributed by atoms with E-state index in [1.54, 1.807) is 24.3 Å². The molecule has 0 aliphatic heterocycles.